The van der Waals surface area contributed by atoms with Gasteiger partial charge >= 0.3 is 5.97 Å². The predicted molar refractivity (Wildman–Crippen MR) is 90.7 cm³/mol. The van der Waals surface area contributed by atoms with E-state index in [9.17, 15) is 13.2 Å². The standard InChI is InChI=1S/C17H23NO4S/c1-11(2)10-14-15(17(14,3)4)16(19)22-13-8-6-12(7-9-13)18-23(5,20)21/h6-10,14-15,18H,1-5H3/t14-,15-/m0/s1. The molecule has 1 N–H and O–H groups in total. The van der Waals surface area contributed by atoms with Crippen LogP contribution in [-0.4, -0.2) is 20.6 Å². The minimum Gasteiger partial charge on any atom is -0.426 e. The van der Waals surface area contributed by atoms with Crippen molar-refractivity contribution in [3.8, 4) is 5.75 Å². The fourth-order valence-corrected chi connectivity index (χ4v) is 3.35. The molecule has 0 bridgehead atoms. The first kappa shape index (κ1) is 17.5. The van der Waals surface area contributed by atoms with Crippen molar-refractivity contribution in [2.24, 2.45) is 17.3 Å². The van der Waals surface area contributed by atoms with Crippen LogP contribution in [0.3, 0.4) is 0 Å². The number of rotatable bonds is 5. The Hall–Kier alpha value is -1.82. The van der Waals surface area contributed by atoms with Crippen LogP contribution < -0.4 is 9.46 Å². The molecule has 0 aromatic heterocycles. The fourth-order valence-electron chi connectivity index (χ4n) is 2.78. The highest BCUT2D eigenvalue weighted by atomic mass is 32.2. The topological polar surface area (TPSA) is 72.5 Å². The molecule has 0 aliphatic heterocycles. The third kappa shape index (κ3) is 4.34. The fraction of sp³-hybridized carbons (Fsp3) is 0.471. The van der Waals surface area contributed by atoms with E-state index in [1.54, 1.807) is 24.3 Å². The van der Waals surface area contributed by atoms with Crippen LogP contribution in [0.5, 0.6) is 5.75 Å². The Morgan fingerprint density at radius 3 is 2.26 bits per heavy atom. The van der Waals surface area contributed by atoms with Crippen LogP contribution >= 0.6 is 0 Å². The van der Waals surface area contributed by atoms with Crippen LogP contribution in [0.1, 0.15) is 27.7 Å². The lowest BCUT2D eigenvalue weighted by Gasteiger charge is -2.07. The molecule has 6 heteroatoms. The van der Waals surface area contributed by atoms with E-state index in [2.05, 4.69) is 24.6 Å². The van der Waals surface area contributed by atoms with Crippen LogP contribution in [-0.2, 0) is 14.8 Å². The summed E-state index contributed by atoms with van der Waals surface area (Å²) in [7, 11) is -3.31. The first-order valence-electron chi connectivity index (χ1n) is 7.45. The molecule has 1 saturated carbocycles. The molecule has 1 aromatic rings. The number of hydrogen-bond acceptors (Lipinski definition) is 4. The van der Waals surface area contributed by atoms with Crippen LogP contribution in [0.15, 0.2) is 35.9 Å². The third-order valence-electron chi connectivity index (χ3n) is 4.05. The smallest absolute Gasteiger partial charge is 0.315 e. The number of sulfonamides is 1. The molecule has 2 rings (SSSR count). The molecule has 1 aliphatic rings. The molecule has 1 aliphatic carbocycles. The summed E-state index contributed by atoms with van der Waals surface area (Å²) in [5.41, 5.74) is 1.53. The monoisotopic (exact) mass is 337 g/mol. The highest BCUT2D eigenvalue weighted by molar-refractivity contribution is 7.92. The van der Waals surface area contributed by atoms with Gasteiger partial charge in [-0.1, -0.05) is 25.5 Å². The highest BCUT2D eigenvalue weighted by Crippen LogP contribution is 2.59. The SMILES string of the molecule is CC(C)=C[C@H]1[C@@H](C(=O)Oc2ccc(NS(C)(=O)=O)cc2)C1(C)C. The van der Waals surface area contributed by atoms with Crippen molar-refractivity contribution in [1.82, 2.24) is 0 Å². The second-order valence-electron chi connectivity index (χ2n) is 6.89. The van der Waals surface area contributed by atoms with Gasteiger partial charge in [0.1, 0.15) is 5.75 Å². The predicted octanol–water partition coefficient (Wildman–Crippen LogP) is 3.20. The normalized spacial score (nSPS) is 22.1. The summed E-state index contributed by atoms with van der Waals surface area (Å²) in [6.07, 6.45) is 3.20. The maximum Gasteiger partial charge on any atom is 0.315 e. The van der Waals surface area contributed by atoms with Gasteiger partial charge in [-0.3, -0.25) is 9.52 Å². The van der Waals surface area contributed by atoms with Gasteiger partial charge < -0.3 is 4.74 Å². The van der Waals surface area contributed by atoms with Crippen molar-refractivity contribution in [3.05, 3.63) is 35.9 Å². The summed E-state index contributed by atoms with van der Waals surface area (Å²) >= 11 is 0. The molecule has 0 heterocycles. The second kappa shape index (κ2) is 6.00. The van der Waals surface area contributed by atoms with E-state index in [0.717, 1.165) is 6.26 Å². The van der Waals surface area contributed by atoms with Crippen LogP contribution in [0.2, 0.25) is 0 Å². The number of ether oxygens (including phenoxy) is 1. The number of esters is 1. The Morgan fingerprint density at radius 1 is 1.22 bits per heavy atom. The first-order chi connectivity index (χ1) is 10.5. The molecule has 126 valence electrons. The second-order valence-corrected chi connectivity index (χ2v) is 8.64. The summed E-state index contributed by atoms with van der Waals surface area (Å²) in [6.45, 7) is 8.15. The zero-order valence-electron chi connectivity index (χ0n) is 14.1. The van der Waals surface area contributed by atoms with Crippen molar-refractivity contribution in [2.75, 3.05) is 11.0 Å². The number of nitrogens with one attached hydrogen (secondary N) is 1. The summed E-state index contributed by atoms with van der Waals surface area (Å²) in [6, 6.07) is 6.29. The zero-order valence-corrected chi connectivity index (χ0v) is 14.9. The molecule has 23 heavy (non-hydrogen) atoms. The van der Waals surface area contributed by atoms with E-state index >= 15 is 0 Å². The average Bonchev–Trinajstić information content (AvgIpc) is 2.90. The van der Waals surface area contributed by atoms with E-state index in [-0.39, 0.29) is 23.2 Å². The molecule has 1 aromatic carbocycles. The first-order valence-corrected chi connectivity index (χ1v) is 9.34. The van der Waals surface area contributed by atoms with Gasteiger partial charge in [0.25, 0.3) is 0 Å². The Balaban J connectivity index is 2.03. The van der Waals surface area contributed by atoms with E-state index in [1.807, 2.05) is 13.8 Å². The maximum atomic E-state index is 12.3. The molecule has 0 amide bonds. The highest BCUT2D eigenvalue weighted by Gasteiger charge is 2.61. The van der Waals surface area contributed by atoms with E-state index in [1.165, 1.54) is 5.57 Å². The Bertz CT molecular complexity index is 728. The van der Waals surface area contributed by atoms with Gasteiger partial charge in [-0.25, -0.2) is 8.42 Å². The molecular weight excluding hydrogens is 314 g/mol. The van der Waals surface area contributed by atoms with Crippen molar-refractivity contribution in [3.63, 3.8) is 0 Å². The van der Waals surface area contributed by atoms with Gasteiger partial charge in [0.2, 0.25) is 10.0 Å². The largest absolute Gasteiger partial charge is 0.426 e. The quantitative estimate of drug-likeness (QED) is 0.509. The Morgan fingerprint density at radius 2 is 1.78 bits per heavy atom. The molecule has 0 radical (unpaired) electrons. The number of carbonyl (C=O) groups excluding carboxylic acids is 1. The van der Waals surface area contributed by atoms with Crippen LogP contribution in [0.4, 0.5) is 5.69 Å². The molecular formula is C17H23NO4S. The molecule has 5 nitrogen and oxygen atoms in total. The zero-order chi connectivity index (χ0) is 17.4. The van der Waals surface area contributed by atoms with E-state index in [0.29, 0.717) is 11.4 Å². The lowest BCUT2D eigenvalue weighted by molar-refractivity contribution is -0.136. The van der Waals surface area contributed by atoms with Crippen molar-refractivity contribution >= 4 is 21.7 Å². The molecule has 0 spiro atoms. The minimum absolute atomic E-state index is 0.0911. The maximum absolute atomic E-state index is 12.3. The number of anilines is 1. The van der Waals surface area contributed by atoms with Crippen molar-refractivity contribution < 1.29 is 17.9 Å². The minimum atomic E-state index is -3.31. The van der Waals surface area contributed by atoms with Crippen LogP contribution in [0.25, 0.3) is 0 Å². The number of hydrogen-bond donors (Lipinski definition) is 1. The number of benzene rings is 1. The Kier molecular flexibility index (Phi) is 4.57. The lowest BCUT2D eigenvalue weighted by Crippen LogP contribution is -2.14. The summed E-state index contributed by atoms with van der Waals surface area (Å²) in [5.74, 6) is 0.214. The van der Waals surface area contributed by atoms with Gasteiger partial charge in [0, 0.05) is 5.69 Å². The number of carbonyl (C=O) groups is 1. The van der Waals surface area contributed by atoms with Gasteiger partial charge in [-0.15, -0.1) is 0 Å². The van der Waals surface area contributed by atoms with Gasteiger partial charge in [-0.05, 0) is 49.4 Å². The van der Waals surface area contributed by atoms with Crippen molar-refractivity contribution in [2.45, 2.75) is 27.7 Å². The molecule has 2 atom stereocenters. The van der Waals surface area contributed by atoms with Crippen molar-refractivity contribution in [1.29, 1.82) is 0 Å². The summed E-state index contributed by atoms with van der Waals surface area (Å²) < 4.78 is 30.1. The van der Waals surface area contributed by atoms with Gasteiger partial charge in [0.15, 0.2) is 0 Å². The Labute approximate surface area is 137 Å². The van der Waals surface area contributed by atoms with Crippen LogP contribution in [0, 0.1) is 17.3 Å². The molecule has 0 saturated heterocycles. The molecule has 1 fully saturated rings. The molecule has 0 unspecified atom stereocenters. The average molecular weight is 337 g/mol. The number of allylic oxidation sites excluding steroid dienone is 2. The van der Waals surface area contributed by atoms with Gasteiger partial charge in [-0.2, -0.15) is 0 Å². The lowest BCUT2D eigenvalue weighted by atomic mass is 10.1. The van der Waals surface area contributed by atoms with E-state index < -0.39 is 10.0 Å². The van der Waals surface area contributed by atoms with Gasteiger partial charge in [0.05, 0.1) is 12.2 Å². The third-order valence-corrected chi connectivity index (χ3v) is 4.66. The van der Waals surface area contributed by atoms with E-state index in [4.69, 9.17) is 4.74 Å². The summed E-state index contributed by atoms with van der Waals surface area (Å²) in [4.78, 5) is 12.3. The summed E-state index contributed by atoms with van der Waals surface area (Å²) in [5, 5.41) is 0.